The molecule has 10 heteroatoms. The molecule has 1 aromatic heterocycles. The van der Waals surface area contributed by atoms with Crippen molar-refractivity contribution in [3.05, 3.63) is 86.4 Å². The number of amides is 2. The number of esters is 2. The van der Waals surface area contributed by atoms with Crippen LogP contribution in [0.5, 0.6) is 0 Å². The Labute approximate surface area is 250 Å². The third-order valence-electron chi connectivity index (χ3n) is 7.34. The van der Waals surface area contributed by atoms with Gasteiger partial charge in [0.2, 0.25) is 12.2 Å². The first kappa shape index (κ1) is 30.9. The quantitative estimate of drug-likeness (QED) is 0.345. The van der Waals surface area contributed by atoms with Crippen LogP contribution in [0.1, 0.15) is 71.2 Å². The Bertz CT molecular complexity index is 1450. The molecule has 3 atom stereocenters. The van der Waals surface area contributed by atoms with Crippen molar-refractivity contribution in [2.75, 3.05) is 6.54 Å². The highest BCUT2D eigenvalue weighted by Gasteiger charge is 2.44. The Kier molecular flexibility index (Phi) is 10.1. The number of aryl methyl sites for hydroxylation is 3. The van der Waals surface area contributed by atoms with Gasteiger partial charge in [0.15, 0.2) is 0 Å². The first-order chi connectivity index (χ1) is 20.0. The van der Waals surface area contributed by atoms with Crippen molar-refractivity contribution < 1.29 is 28.7 Å². The summed E-state index contributed by atoms with van der Waals surface area (Å²) in [5.74, 6) is -2.87. The molecular formula is C32H37N3O6S. The minimum atomic E-state index is -1.66. The van der Waals surface area contributed by atoms with Crippen molar-refractivity contribution in [2.45, 2.75) is 78.7 Å². The molecule has 0 spiro atoms. The van der Waals surface area contributed by atoms with Gasteiger partial charge in [0.1, 0.15) is 5.01 Å². The van der Waals surface area contributed by atoms with Crippen LogP contribution in [0.4, 0.5) is 0 Å². The lowest BCUT2D eigenvalue weighted by atomic mass is 9.99. The fourth-order valence-corrected chi connectivity index (χ4v) is 6.09. The van der Waals surface area contributed by atoms with Crippen LogP contribution in [-0.4, -0.2) is 52.4 Å². The molecule has 42 heavy (non-hydrogen) atoms. The van der Waals surface area contributed by atoms with Crippen LogP contribution in [0.25, 0.3) is 0 Å². The number of rotatable bonds is 10. The van der Waals surface area contributed by atoms with Gasteiger partial charge in [0, 0.05) is 32.2 Å². The monoisotopic (exact) mass is 591 g/mol. The second kappa shape index (κ2) is 13.7. The standard InChI is InChI=1S/C32H37N3O6S/c1-19-9-6-12-24(15-19)27-13-8-14-35(27)32(39)30(41-23(5)37)29(40-22(4)36)31(38)33-17-28-34-25(18-42-28)16-26-20(2)10-7-11-21(26)3/h6-7,9-12,15,18,27,29-30H,8,13-14,16-17H2,1-5H3,(H,33,38)/t27?,29-,30-/m1/s1. The van der Waals surface area contributed by atoms with E-state index in [9.17, 15) is 19.2 Å². The second-order valence-corrected chi connectivity index (χ2v) is 11.6. The van der Waals surface area contributed by atoms with E-state index >= 15 is 0 Å². The molecule has 0 saturated carbocycles. The van der Waals surface area contributed by atoms with Crippen molar-refractivity contribution in [1.29, 1.82) is 0 Å². The van der Waals surface area contributed by atoms with Crippen molar-refractivity contribution >= 4 is 35.1 Å². The van der Waals surface area contributed by atoms with Gasteiger partial charge in [-0.2, -0.15) is 0 Å². The molecular weight excluding hydrogens is 554 g/mol. The van der Waals surface area contributed by atoms with Crippen LogP contribution < -0.4 is 5.32 Å². The van der Waals surface area contributed by atoms with Crippen LogP contribution >= 0.6 is 11.3 Å². The lowest BCUT2D eigenvalue weighted by Crippen LogP contribution is -2.53. The lowest BCUT2D eigenvalue weighted by Gasteiger charge is -2.31. The van der Waals surface area contributed by atoms with E-state index in [1.165, 1.54) is 28.0 Å². The van der Waals surface area contributed by atoms with Crippen molar-refractivity contribution in [1.82, 2.24) is 15.2 Å². The molecule has 2 amide bonds. The molecule has 0 bridgehead atoms. The molecule has 1 fully saturated rings. The molecule has 9 nitrogen and oxygen atoms in total. The van der Waals surface area contributed by atoms with E-state index in [4.69, 9.17) is 9.47 Å². The highest BCUT2D eigenvalue weighted by molar-refractivity contribution is 7.09. The number of nitrogens with one attached hydrogen (secondary N) is 1. The summed E-state index contributed by atoms with van der Waals surface area (Å²) in [5, 5.41) is 5.32. The number of carbonyl (C=O) groups is 4. The van der Waals surface area contributed by atoms with Gasteiger partial charge in [-0.25, -0.2) is 4.98 Å². The number of thiazole rings is 1. The second-order valence-electron chi connectivity index (χ2n) is 10.7. The first-order valence-electron chi connectivity index (χ1n) is 14.0. The number of aromatic nitrogens is 1. The Morgan fingerprint density at radius 2 is 1.67 bits per heavy atom. The van der Waals surface area contributed by atoms with E-state index in [1.54, 1.807) is 4.90 Å². The predicted molar refractivity (Wildman–Crippen MR) is 159 cm³/mol. The maximum atomic E-state index is 13.9. The number of benzene rings is 2. The molecule has 1 N–H and O–H groups in total. The van der Waals surface area contributed by atoms with E-state index < -0.39 is 36.0 Å². The highest BCUT2D eigenvalue weighted by Crippen LogP contribution is 2.33. The van der Waals surface area contributed by atoms with Gasteiger partial charge < -0.3 is 19.7 Å². The first-order valence-corrected chi connectivity index (χ1v) is 14.9. The van der Waals surface area contributed by atoms with Crippen LogP contribution in [0.15, 0.2) is 47.8 Å². The van der Waals surface area contributed by atoms with Crippen LogP contribution in [0.3, 0.4) is 0 Å². The molecule has 222 valence electrons. The largest absolute Gasteiger partial charge is 0.448 e. The van der Waals surface area contributed by atoms with E-state index in [0.717, 1.165) is 43.5 Å². The number of likely N-dealkylation sites (tertiary alicyclic amines) is 1. The van der Waals surface area contributed by atoms with Gasteiger partial charge in [-0.05, 0) is 55.9 Å². The predicted octanol–water partition coefficient (Wildman–Crippen LogP) is 4.50. The van der Waals surface area contributed by atoms with Gasteiger partial charge in [-0.15, -0.1) is 11.3 Å². The fraction of sp³-hybridized carbons (Fsp3) is 0.406. The number of ether oxygens (including phenoxy) is 2. The molecule has 0 aliphatic carbocycles. The molecule has 4 rings (SSSR count). The molecule has 1 aliphatic rings. The molecule has 2 heterocycles. The number of nitrogens with zero attached hydrogens (tertiary/aromatic N) is 2. The lowest BCUT2D eigenvalue weighted by molar-refractivity contribution is -0.178. The summed E-state index contributed by atoms with van der Waals surface area (Å²) in [4.78, 5) is 57.6. The summed E-state index contributed by atoms with van der Waals surface area (Å²) in [6, 6.07) is 13.8. The van der Waals surface area contributed by atoms with Gasteiger partial charge in [-0.3, -0.25) is 19.2 Å². The van der Waals surface area contributed by atoms with Gasteiger partial charge in [0.05, 0.1) is 18.3 Å². The average molecular weight is 592 g/mol. The van der Waals surface area contributed by atoms with Crippen molar-refractivity contribution in [3.63, 3.8) is 0 Å². The van der Waals surface area contributed by atoms with Gasteiger partial charge >= 0.3 is 11.9 Å². The maximum Gasteiger partial charge on any atom is 0.303 e. The van der Waals surface area contributed by atoms with E-state index in [1.807, 2.05) is 42.6 Å². The molecule has 2 aromatic carbocycles. The van der Waals surface area contributed by atoms with E-state index in [0.29, 0.717) is 18.0 Å². The molecule has 1 saturated heterocycles. The van der Waals surface area contributed by atoms with Gasteiger partial charge in [0.25, 0.3) is 11.8 Å². The molecule has 3 aromatic rings. The van der Waals surface area contributed by atoms with E-state index in [2.05, 4.69) is 36.3 Å². The average Bonchev–Trinajstić information content (AvgIpc) is 3.61. The summed E-state index contributed by atoms with van der Waals surface area (Å²) in [5.41, 5.74) is 6.47. The molecule has 1 unspecified atom stereocenters. The Morgan fingerprint density at radius 1 is 1.00 bits per heavy atom. The minimum Gasteiger partial charge on any atom is -0.448 e. The normalized spacial score (nSPS) is 16.0. The third kappa shape index (κ3) is 7.61. The topological polar surface area (TPSA) is 115 Å². The summed E-state index contributed by atoms with van der Waals surface area (Å²) >= 11 is 1.40. The number of hydrogen-bond acceptors (Lipinski definition) is 8. The Hall–Kier alpha value is -4.05. The summed E-state index contributed by atoms with van der Waals surface area (Å²) in [7, 11) is 0. The summed E-state index contributed by atoms with van der Waals surface area (Å²) in [6.07, 6.45) is -1.16. The van der Waals surface area contributed by atoms with Gasteiger partial charge in [-0.1, -0.05) is 48.0 Å². The summed E-state index contributed by atoms with van der Waals surface area (Å²) in [6.45, 7) is 8.88. The zero-order valence-corrected chi connectivity index (χ0v) is 25.5. The van der Waals surface area contributed by atoms with Crippen molar-refractivity contribution in [2.24, 2.45) is 0 Å². The maximum absolute atomic E-state index is 13.9. The third-order valence-corrected chi connectivity index (χ3v) is 8.24. The van der Waals surface area contributed by atoms with Crippen LogP contribution in [0.2, 0.25) is 0 Å². The van der Waals surface area contributed by atoms with Crippen LogP contribution in [0, 0.1) is 20.8 Å². The fourth-order valence-electron chi connectivity index (χ4n) is 5.35. The minimum absolute atomic E-state index is 0.0602. The number of carbonyl (C=O) groups excluding carboxylic acids is 4. The zero-order valence-electron chi connectivity index (χ0n) is 24.6. The smallest absolute Gasteiger partial charge is 0.303 e. The highest BCUT2D eigenvalue weighted by atomic mass is 32.1. The van der Waals surface area contributed by atoms with E-state index in [-0.39, 0.29) is 12.6 Å². The van der Waals surface area contributed by atoms with Crippen LogP contribution in [-0.2, 0) is 41.6 Å². The zero-order chi connectivity index (χ0) is 30.4. The van der Waals surface area contributed by atoms with Crippen molar-refractivity contribution in [3.8, 4) is 0 Å². The summed E-state index contributed by atoms with van der Waals surface area (Å²) < 4.78 is 10.7. The Balaban J connectivity index is 1.50. The molecule has 1 aliphatic heterocycles. The Morgan fingerprint density at radius 3 is 2.33 bits per heavy atom. The molecule has 0 radical (unpaired) electrons. The SMILES string of the molecule is CC(=O)O[C@@H](C(=O)NCc1nc(Cc2c(C)cccc2C)cs1)[C@@H](OC(C)=O)C(=O)N1CCCC1c1cccc(C)c1. The number of hydrogen-bond donors (Lipinski definition) is 1.